The number of hydrogen-bond acceptors (Lipinski definition) is 6. The molecule has 1 N–H and O–H groups in total. The Labute approximate surface area is 180 Å². The molecule has 0 aliphatic heterocycles. The minimum absolute atomic E-state index is 0.0211. The summed E-state index contributed by atoms with van der Waals surface area (Å²) in [7, 11) is 0. The third-order valence-electron chi connectivity index (χ3n) is 5.06. The summed E-state index contributed by atoms with van der Waals surface area (Å²) in [5.41, 5.74) is -0.388. The molecule has 0 bridgehead atoms. The second kappa shape index (κ2) is 9.89. The van der Waals surface area contributed by atoms with E-state index in [0.717, 1.165) is 5.56 Å². The number of benzene rings is 2. The molecule has 2 aromatic carbocycles. The summed E-state index contributed by atoms with van der Waals surface area (Å²) >= 11 is 0. The highest BCUT2D eigenvalue weighted by atomic mass is 16.5. The van der Waals surface area contributed by atoms with Crippen LogP contribution >= 0.6 is 0 Å². The van der Waals surface area contributed by atoms with Gasteiger partial charge in [-0.3, -0.25) is 4.79 Å². The van der Waals surface area contributed by atoms with E-state index in [1.807, 2.05) is 37.3 Å². The van der Waals surface area contributed by atoms with Gasteiger partial charge in [0.15, 0.2) is 0 Å². The number of hydrogen-bond donors (Lipinski definition) is 1. The monoisotopic (exact) mass is 420 g/mol. The third-order valence-corrected chi connectivity index (χ3v) is 5.06. The quantitative estimate of drug-likeness (QED) is 0.426. The van der Waals surface area contributed by atoms with Crippen LogP contribution in [0.3, 0.4) is 0 Å². The summed E-state index contributed by atoms with van der Waals surface area (Å²) in [6, 6.07) is 17.0. The van der Waals surface area contributed by atoms with Gasteiger partial charge in [0, 0.05) is 17.5 Å². The largest absolute Gasteiger partial charge is 0.507 e. The van der Waals surface area contributed by atoms with E-state index in [1.165, 1.54) is 18.2 Å². The molecule has 0 aliphatic carbocycles. The lowest BCUT2D eigenvalue weighted by Crippen LogP contribution is -2.20. The molecule has 0 fully saturated rings. The van der Waals surface area contributed by atoms with Crippen LogP contribution < -0.4 is 5.63 Å². The third kappa shape index (κ3) is 4.91. The molecular weight excluding hydrogens is 396 g/mol. The van der Waals surface area contributed by atoms with Gasteiger partial charge in [-0.05, 0) is 31.4 Å². The molecule has 0 saturated carbocycles. The Kier molecular flexibility index (Phi) is 7.03. The first-order valence-corrected chi connectivity index (χ1v) is 10.2. The maximum absolute atomic E-state index is 13.0. The Morgan fingerprint density at radius 1 is 1.00 bits per heavy atom. The SMILES string of the molecule is CCOC(=O)c1ccccc1C(=O)c1c(O)cc(C(CC)Cc2ccccc2)oc1=O. The second-order valence-electron chi connectivity index (χ2n) is 7.09. The Balaban J connectivity index is 1.97. The van der Waals surface area contributed by atoms with Crippen LogP contribution in [-0.2, 0) is 11.2 Å². The average Bonchev–Trinajstić information content (AvgIpc) is 2.77. The zero-order valence-electron chi connectivity index (χ0n) is 17.5. The highest BCUT2D eigenvalue weighted by Gasteiger charge is 2.26. The summed E-state index contributed by atoms with van der Waals surface area (Å²) in [5, 5.41) is 10.6. The number of esters is 1. The van der Waals surface area contributed by atoms with E-state index in [4.69, 9.17) is 9.15 Å². The molecule has 1 heterocycles. The molecule has 1 unspecified atom stereocenters. The fraction of sp³-hybridized carbons (Fsp3) is 0.240. The zero-order chi connectivity index (χ0) is 22.4. The molecule has 0 spiro atoms. The second-order valence-corrected chi connectivity index (χ2v) is 7.09. The summed E-state index contributed by atoms with van der Waals surface area (Å²) in [6.07, 6.45) is 1.30. The topological polar surface area (TPSA) is 93.8 Å². The zero-order valence-corrected chi connectivity index (χ0v) is 17.5. The first-order chi connectivity index (χ1) is 15.0. The van der Waals surface area contributed by atoms with Crippen molar-refractivity contribution in [1.29, 1.82) is 0 Å². The van der Waals surface area contributed by atoms with Gasteiger partial charge in [-0.25, -0.2) is 9.59 Å². The van der Waals surface area contributed by atoms with E-state index < -0.39 is 28.7 Å². The number of ether oxygens (including phenoxy) is 1. The molecule has 160 valence electrons. The van der Waals surface area contributed by atoms with Gasteiger partial charge < -0.3 is 14.3 Å². The Morgan fingerprint density at radius 2 is 1.65 bits per heavy atom. The minimum atomic E-state index is -0.940. The van der Waals surface area contributed by atoms with Crippen molar-refractivity contribution in [1.82, 2.24) is 0 Å². The van der Waals surface area contributed by atoms with Gasteiger partial charge in [0.2, 0.25) is 5.78 Å². The Hall–Kier alpha value is -3.67. The van der Waals surface area contributed by atoms with Crippen LogP contribution in [0.2, 0.25) is 0 Å². The fourth-order valence-corrected chi connectivity index (χ4v) is 3.46. The van der Waals surface area contributed by atoms with Gasteiger partial charge in [0.1, 0.15) is 17.1 Å². The van der Waals surface area contributed by atoms with Crippen LogP contribution in [0.4, 0.5) is 0 Å². The van der Waals surface area contributed by atoms with Gasteiger partial charge in [-0.1, -0.05) is 55.5 Å². The number of rotatable bonds is 8. The average molecular weight is 420 g/mol. The van der Waals surface area contributed by atoms with E-state index in [9.17, 15) is 19.5 Å². The molecule has 1 atom stereocenters. The molecule has 6 nitrogen and oxygen atoms in total. The van der Waals surface area contributed by atoms with Gasteiger partial charge in [0.05, 0.1) is 12.2 Å². The van der Waals surface area contributed by atoms with E-state index in [2.05, 4.69) is 0 Å². The summed E-state index contributed by atoms with van der Waals surface area (Å²) < 4.78 is 10.4. The molecule has 31 heavy (non-hydrogen) atoms. The van der Waals surface area contributed by atoms with E-state index in [-0.39, 0.29) is 23.7 Å². The number of ketones is 1. The summed E-state index contributed by atoms with van der Waals surface area (Å²) in [5.74, 6) is -1.78. The van der Waals surface area contributed by atoms with E-state index in [1.54, 1.807) is 19.1 Å². The molecule has 0 saturated heterocycles. The van der Waals surface area contributed by atoms with Crippen molar-refractivity contribution in [2.45, 2.75) is 32.6 Å². The lowest BCUT2D eigenvalue weighted by atomic mass is 9.93. The van der Waals surface area contributed by atoms with E-state index in [0.29, 0.717) is 18.6 Å². The van der Waals surface area contributed by atoms with Gasteiger partial charge >= 0.3 is 11.6 Å². The fourth-order valence-electron chi connectivity index (χ4n) is 3.46. The van der Waals surface area contributed by atoms with Crippen LogP contribution in [0, 0.1) is 0 Å². The van der Waals surface area contributed by atoms with E-state index >= 15 is 0 Å². The van der Waals surface area contributed by atoms with Crippen LogP contribution in [0.5, 0.6) is 5.75 Å². The van der Waals surface area contributed by atoms with Crippen molar-refractivity contribution in [2.24, 2.45) is 0 Å². The highest BCUT2D eigenvalue weighted by molar-refractivity contribution is 6.15. The number of carbonyl (C=O) groups is 2. The smallest absolute Gasteiger partial charge is 0.351 e. The number of carbonyl (C=O) groups excluding carboxylic acids is 2. The maximum Gasteiger partial charge on any atom is 0.351 e. The Morgan fingerprint density at radius 3 is 2.26 bits per heavy atom. The van der Waals surface area contributed by atoms with Gasteiger partial charge in [0.25, 0.3) is 0 Å². The van der Waals surface area contributed by atoms with Crippen LogP contribution in [0.1, 0.15) is 63.8 Å². The predicted molar refractivity (Wildman–Crippen MR) is 116 cm³/mol. The van der Waals surface area contributed by atoms with Gasteiger partial charge in [-0.15, -0.1) is 0 Å². The highest BCUT2D eigenvalue weighted by Crippen LogP contribution is 2.28. The first kappa shape index (κ1) is 22.0. The molecule has 0 amide bonds. The van der Waals surface area contributed by atoms with Crippen LogP contribution in [-0.4, -0.2) is 23.5 Å². The summed E-state index contributed by atoms with van der Waals surface area (Å²) in [6.45, 7) is 3.75. The Bertz CT molecular complexity index is 1130. The van der Waals surface area contributed by atoms with Crippen molar-refractivity contribution in [3.8, 4) is 5.75 Å². The predicted octanol–water partition coefficient (Wildman–Crippen LogP) is 4.49. The molecule has 3 aromatic rings. The van der Waals surface area contributed by atoms with Crippen molar-refractivity contribution < 1.29 is 23.8 Å². The molecular formula is C25H24O6. The first-order valence-electron chi connectivity index (χ1n) is 10.2. The minimum Gasteiger partial charge on any atom is -0.507 e. The van der Waals surface area contributed by atoms with Crippen molar-refractivity contribution in [3.05, 3.63) is 99.1 Å². The maximum atomic E-state index is 13.0. The van der Waals surface area contributed by atoms with Crippen LogP contribution in [0.25, 0.3) is 0 Å². The van der Waals surface area contributed by atoms with Crippen LogP contribution in [0.15, 0.2) is 69.9 Å². The van der Waals surface area contributed by atoms with Crippen molar-refractivity contribution in [2.75, 3.05) is 6.61 Å². The molecule has 0 radical (unpaired) electrons. The summed E-state index contributed by atoms with van der Waals surface area (Å²) in [4.78, 5) is 37.9. The lowest BCUT2D eigenvalue weighted by molar-refractivity contribution is 0.0523. The normalized spacial score (nSPS) is 11.7. The molecule has 3 rings (SSSR count). The standard InChI is InChI=1S/C25H24O6/c1-3-17(14-16-10-6-5-7-11-16)21-15-20(26)22(25(29)31-21)23(27)18-12-8-9-13-19(18)24(28)30-4-2/h5-13,15,17,26H,3-4,14H2,1-2H3. The van der Waals surface area contributed by atoms with Crippen molar-refractivity contribution in [3.63, 3.8) is 0 Å². The van der Waals surface area contributed by atoms with Crippen molar-refractivity contribution >= 4 is 11.8 Å². The van der Waals surface area contributed by atoms with Gasteiger partial charge in [-0.2, -0.15) is 0 Å². The molecule has 1 aromatic heterocycles. The molecule has 0 aliphatic rings. The lowest BCUT2D eigenvalue weighted by Gasteiger charge is -2.15. The molecule has 6 heteroatoms. The number of aromatic hydroxyl groups is 1.